The third-order valence-corrected chi connectivity index (χ3v) is 4.35. The van der Waals surface area contributed by atoms with E-state index in [1.54, 1.807) is 0 Å². The number of anilines is 1. The Morgan fingerprint density at radius 1 is 1.42 bits per heavy atom. The summed E-state index contributed by atoms with van der Waals surface area (Å²) < 4.78 is 5.86. The Hall–Kier alpha value is -1.75. The van der Waals surface area contributed by atoms with Crippen LogP contribution in [0.3, 0.4) is 0 Å². The number of aryl methyl sites for hydroxylation is 1. The van der Waals surface area contributed by atoms with Crippen LogP contribution in [0.15, 0.2) is 24.3 Å². The van der Waals surface area contributed by atoms with Crippen LogP contribution in [0.5, 0.6) is 0 Å². The van der Waals surface area contributed by atoms with E-state index >= 15 is 0 Å². The maximum absolute atomic E-state index is 12.4. The van der Waals surface area contributed by atoms with Crippen LogP contribution in [0.25, 0.3) is 0 Å². The zero-order valence-corrected chi connectivity index (χ0v) is 15.6. The van der Waals surface area contributed by atoms with Gasteiger partial charge in [-0.25, -0.2) is 4.79 Å². The number of hydrogen-bond donors (Lipinski definition) is 1. The predicted octanol–water partition coefficient (Wildman–Crippen LogP) is 3.03. The zero-order valence-electron chi connectivity index (χ0n) is 15.6. The van der Waals surface area contributed by atoms with E-state index in [1.165, 1.54) is 11.3 Å². The molecule has 1 atom stereocenters. The largest absolute Gasteiger partial charge is 0.370 e. The number of nitrogens with zero attached hydrogens (tertiary/aromatic N) is 2. The molecule has 1 N–H and O–H groups in total. The molecule has 134 valence electrons. The van der Waals surface area contributed by atoms with E-state index in [4.69, 9.17) is 4.74 Å². The minimum Gasteiger partial charge on any atom is -0.370 e. The lowest BCUT2D eigenvalue weighted by Gasteiger charge is -2.41. The predicted molar refractivity (Wildman–Crippen MR) is 98.7 cm³/mol. The summed E-state index contributed by atoms with van der Waals surface area (Å²) in [4.78, 5) is 16.6. The van der Waals surface area contributed by atoms with E-state index in [0.29, 0.717) is 19.6 Å². The van der Waals surface area contributed by atoms with Gasteiger partial charge < -0.3 is 19.9 Å². The molecule has 5 heteroatoms. The van der Waals surface area contributed by atoms with Crippen molar-refractivity contribution >= 4 is 11.7 Å². The van der Waals surface area contributed by atoms with Crippen molar-refractivity contribution in [2.75, 3.05) is 37.6 Å². The second-order valence-electron chi connectivity index (χ2n) is 7.17. The lowest BCUT2D eigenvalue weighted by atomic mass is 10.1. The first-order chi connectivity index (χ1) is 11.3. The number of likely N-dealkylation sites (N-methyl/N-ethyl adjacent to an activating group) is 1. The number of morpholine rings is 1. The van der Waals surface area contributed by atoms with Crippen LogP contribution in [0.4, 0.5) is 10.5 Å². The van der Waals surface area contributed by atoms with E-state index in [2.05, 4.69) is 48.3 Å². The Labute approximate surface area is 146 Å². The molecule has 0 saturated carbocycles. The first-order valence-electron chi connectivity index (χ1n) is 8.83. The molecule has 1 aliphatic rings. The number of carbonyl (C=O) groups is 1. The van der Waals surface area contributed by atoms with Gasteiger partial charge in [0.2, 0.25) is 0 Å². The van der Waals surface area contributed by atoms with Crippen LogP contribution in [0.1, 0.15) is 33.3 Å². The molecule has 1 heterocycles. The van der Waals surface area contributed by atoms with Crippen molar-refractivity contribution in [2.45, 2.75) is 46.3 Å². The molecule has 1 saturated heterocycles. The number of carbonyl (C=O) groups excluding carboxylic acids is 1. The number of amides is 2. The molecule has 0 unspecified atom stereocenters. The van der Waals surface area contributed by atoms with Gasteiger partial charge in [-0.05, 0) is 46.2 Å². The zero-order chi connectivity index (χ0) is 17.7. The highest BCUT2D eigenvalue weighted by molar-refractivity contribution is 5.74. The van der Waals surface area contributed by atoms with Crippen LogP contribution in [0, 0.1) is 6.92 Å². The fourth-order valence-corrected chi connectivity index (χ4v) is 3.39. The smallest absolute Gasteiger partial charge is 0.317 e. The minimum atomic E-state index is -0.286. The third-order valence-electron chi connectivity index (χ3n) is 4.35. The highest BCUT2D eigenvalue weighted by Crippen LogP contribution is 2.21. The second kappa shape index (κ2) is 7.88. The van der Waals surface area contributed by atoms with Gasteiger partial charge in [0.15, 0.2) is 0 Å². The van der Waals surface area contributed by atoms with Crippen molar-refractivity contribution in [3.8, 4) is 0 Å². The summed E-state index contributed by atoms with van der Waals surface area (Å²) in [6.07, 6.45) is 0.0682. The van der Waals surface area contributed by atoms with Gasteiger partial charge in [-0.2, -0.15) is 0 Å². The summed E-state index contributed by atoms with van der Waals surface area (Å²) in [5.74, 6) is 0. The fourth-order valence-electron chi connectivity index (χ4n) is 3.39. The molecule has 0 radical (unpaired) electrons. The standard InChI is InChI=1S/C19H31N3O2/c1-6-21(17-10-8-7-9-15(17)2)12-11-20-18(23)22-13-16(3)24-19(4,5)14-22/h7-10,16H,6,11-14H2,1-5H3,(H,20,23)/t16-/m0/s1. The Kier molecular flexibility index (Phi) is 6.10. The van der Waals surface area contributed by atoms with Crippen LogP contribution < -0.4 is 10.2 Å². The third kappa shape index (κ3) is 4.87. The Balaban J connectivity index is 1.86. The lowest BCUT2D eigenvalue weighted by molar-refractivity contribution is -0.117. The average molecular weight is 333 g/mol. The average Bonchev–Trinajstić information content (AvgIpc) is 2.50. The first-order valence-corrected chi connectivity index (χ1v) is 8.83. The van der Waals surface area contributed by atoms with Crippen LogP contribution >= 0.6 is 0 Å². The molecule has 1 aromatic carbocycles. The molecule has 5 nitrogen and oxygen atoms in total. The van der Waals surface area contributed by atoms with Gasteiger partial charge in [-0.1, -0.05) is 18.2 Å². The number of ether oxygens (including phenoxy) is 1. The summed E-state index contributed by atoms with van der Waals surface area (Å²) in [7, 11) is 0. The Morgan fingerprint density at radius 3 is 2.75 bits per heavy atom. The highest BCUT2D eigenvalue weighted by atomic mass is 16.5. The highest BCUT2D eigenvalue weighted by Gasteiger charge is 2.33. The van der Waals surface area contributed by atoms with E-state index in [9.17, 15) is 4.79 Å². The van der Waals surface area contributed by atoms with E-state index in [-0.39, 0.29) is 17.7 Å². The Morgan fingerprint density at radius 2 is 2.12 bits per heavy atom. The van der Waals surface area contributed by atoms with E-state index in [0.717, 1.165) is 13.1 Å². The van der Waals surface area contributed by atoms with Crippen LogP contribution in [0.2, 0.25) is 0 Å². The summed E-state index contributed by atoms with van der Waals surface area (Å²) in [5.41, 5.74) is 2.20. The fraction of sp³-hybridized carbons (Fsp3) is 0.632. The SMILES string of the molecule is CCN(CCNC(=O)N1C[C@H](C)OC(C)(C)C1)c1ccccc1C. The maximum atomic E-state index is 12.4. The number of rotatable bonds is 5. The number of hydrogen-bond acceptors (Lipinski definition) is 3. The van der Waals surface area contributed by atoms with Crippen molar-refractivity contribution in [3.63, 3.8) is 0 Å². The molecule has 2 rings (SSSR count). The van der Waals surface area contributed by atoms with Crippen molar-refractivity contribution in [2.24, 2.45) is 0 Å². The molecular formula is C19H31N3O2. The van der Waals surface area contributed by atoms with Gasteiger partial charge >= 0.3 is 6.03 Å². The summed E-state index contributed by atoms with van der Waals surface area (Å²) in [6.45, 7) is 13.9. The summed E-state index contributed by atoms with van der Waals surface area (Å²) in [5, 5.41) is 3.05. The topological polar surface area (TPSA) is 44.8 Å². The monoisotopic (exact) mass is 333 g/mol. The molecule has 0 bridgehead atoms. The number of urea groups is 1. The molecule has 0 aromatic heterocycles. The Bertz CT molecular complexity index is 559. The number of nitrogens with one attached hydrogen (secondary N) is 1. The molecule has 1 fully saturated rings. The molecule has 2 amide bonds. The first kappa shape index (κ1) is 18.6. The molecule has 0 aliphatic carbocycles. The minimum absolute atomic E-state index is 0.000869. The lowest BCUT2D eigenvalue weighted by Crippen LogP contribution is -2.56. The molecule has 24 heavy (non-hydrogen) atoms. The normalized spacial score (nSPS) is 19.9. The van der Waals surface area contributed by atoms with Crippen LogP contribution in [-0.4, -0.2) is 55.4 Å². The van der Waals surface area contributed by atoms with Crippen LogP contribution in [-0.2, 0) is 4.74 Å². The molecule has 1 aromatic rings. The molecule has 1 aliphatic heterocycles. The van der Waals surface area contributed by atoms with Crippen molar-refractivity contribution in [1.29, 1.82) is 0 Å². The second-order valence-corrected chi connectivity index (χ2v) is 7.17. The van der Waals surface area contributed by atoms with Gasteiger partial charge in [-0.3, -0.25) is 0 Å². The van der Waals surface area contributed by atoms with Crippen molar-refractivity contribution in [3.05, 3.63) is 29.8 Å². The molecular weight excluding hydrogens is 302 g/mol. The van der Waals surface area contributed by atoms with Gasteiger partial charge in [0.05, 0.1) is 18.2 Å². The van der Waals surface area contributed by atoms with Gasteiger partial charge in [0, 0.05) is 31.9 Å². The van der Waals surface area contributed by atoms with E-state index in [1.807, 2.05) is 25.7 Å². The van der Waals surface area contributed by atoms with E-state index < -0.39 is 0 Å². The van der Waals surface area contributed by atoms with Gasteiger partial charge in [-0.15, -0.1) is 0 Å². The number of benzene rings is 1. The number of para-hydroxylation sites is 1. The van der Waals surface area contributed by atoms with Crippen molar-refractivity contribution < 1.29 is 9.53 Å². The summed E-state index contributed by atoms with van der Waals surface area (Å²) in [6, 6.07) is 8.36. The maximum Gasteiger partial charge on any atom is 0.317 e. The molecule has 0 spiro atoms. The van der Waals surface area contributed by atoms with Crippen molar-refractivity contribution in [1.82, 2.24) is 10.2 Å². The quantitative estimate of drug-likeness (QED) is 0.901. The summed E-state index contributed by atoms with van der Waals surface area (Å²) >= 11 is 0. The van der Waals surface area contributed by atoms with Gasteiger partial charge in [0.1, 0.15) is 0 Å². The van der Waals surface area contributed by atoms with Gasteiger partial charge in [0.25, 0.3) is 0 Å².